The highest BCUT2D eigenvalue weighted by Crippen LogP contribution is 2.36. The number of Topliss-reactive ketones (excluding diaryl/α,β-unsaturated/α-hetero) is 1. The van der Waals surface area contributed by atoms with Gasteiger partial charge in [-0.1, -0.05) is 6.07 Å². The smallest absolute Gasteiger partial charge is 0.419 e. The van der Waals surface area contributed by atoms with Gasteiger partial charge in [0.1, 0.15) is 19.3 Å². The number of ether oxygens (including phenoxy) is 2. The van der Waals surface area contributed by atoms with Gasteiger partial charge in [-0.05, 0) is 48.4 Å². The summed E-state index contributed by atoms with van der Waals surface area (Å²) in [5.74, 6) is -0.535. The molecule has 0 spiro atoms. The summed E-state index contributed by atoms with van der Waals surface area (Å²) < 4.78 is 49.2. The molecular formula is C21H23BF3NO4. The molecule has 160 valence electrons. The molecule has 1 amide bonds. The predicted octanol–water partition coefficient (Wildman–Crippen LogP) is 3.00. The minimum Gasteiger partial charge on any atom is -0.497 e. The lowest BCUT2D eigenvalue weighted by Crippen LogP contribution is -2.36. The van der Waals surface area contributed by atoms with Crippen LogP contribution in [0.5, 0.6) is 11.5 Å². The summed E-state index contributed by atoms with van der Waals surface area (Å²) in [6.07, 6.45) is -4.29. The normalized spacial score (nSPS) is 12.2. The van der Waals surface area contributed by atoms with Crippen molar-refractivity contribution >= 4 is 19.5 Å². The Balaban J connectivity index is 1.89. The Bertz CT molecular complexity index is 885. The molecule has 30 heavy (non-hydrogen) atoms. The lowest BCUT2D eigenvalue weighted by Gasteiger charge is -2.17. The van der Waals surface area contributed by atoms with Crippen LogP contribution in [-0.4, -0.2) is 39.7 Å². The number of methoxy groups -OCH3 is 2. The minimum absolute atomic E-state index is 0.00832. The van der Waals surface area contributed by atoms with Crippen LogP contribution in [0.2, 0.25) is 0 Å². The second-order valence-corrected chi connectivity index (χ2v) is 6.86. The van der Waals surface area contributed by atoms with Crippen molar-refractivity contribution in [2.75, 3.05) is 14.2 Å². The van der Waals surface area contributed by atoms with Crippen LogP contribution in [0.15, 0.2) is 42.5 Å². The number of benzene rings is 2. The Kier molecular flexibility index (Phi) is 7.91. The first-order valence-electron chi connectivity index (χ1n) is 9.34. The first kappa shape index (κ1) is 23.3. The molecule has 0 aromatic heterocycles. The number of carbonyl (C=O) groups is 2. The maximum Gasteiger partial charge on any atom is 0.419 e. The summed E-state index contributed by atoms with van der Waals surface area (Å²) in [6.45, 7) is 0. The van der Waals surface area contributed by atoms with Gasteiger partial charge >= 0.3 is 6.18 Å². The molecule has 0 unspecified atom stereocenters. The van der Waals surface area contributed by atoms with Crippen LogP contribution in [-0.2, 0) is 17.4 Å². The summed E-state index contributed by atoms with van der Waals surface area (Å²) in [6, 6.07) is 10.4. The van der Waals surface area contributed by atoms with Crippen molar-refractivity contribution in [3.8, 4) is 11.5 Å². The molecule has 1 N–H and O–H groups in total. The molecule has 0 saturated carbocycles. The molecule has 0 saturated heterocycles. The average Bonchev–Trinajstić information content (AvgIpc) is 2.71. The van der Waals surface area contributed by atoms with Crippen LogP contribution in [0, 0.1) is 0 Å². The van der Waals surface area contributed by atoms with E-state index in [1.807, 2.05) is 0 Å². The molecule has 0 aliphatic carbocycles. The van der Waals surface area contributed by atoms with Crippen molar-refractivity contribution in [2.45, 2.75) is 31.4 Å². The van der Waals surface area contributed by atoms with Crippen LogP contribution in [0.1, 0.15) is 34.3 Å². The van der Waals surface area contributed by atoms with Crippen molar-refractivity contribution in [3.63, 3.8) is 0 Å². The molecule has 5 nitrogen and oxygen atoms in total. The first-order valence-corrected chi connectivity index (χ1v) is 9.34. The minimum atomic E-state index is -4.53. The summed E-state index contributed by atoms with van der Waals surface area (Å²) in [7, 11) is 4.40. The van der Waals surface area contributed by atoms with E-state index in [2.05, 4.69) is 5.32 Å². The number of rotatable bonds is 9. The molecule has 0 fully saturated rings. The molecule has 9 heteroatoms. The molecule has 1 atom stereocenters. The quantitative estimate of drug-likeness (QED) is 0.500. The van der Waals surface area contributed by atoms with E-state index in [9.17, 15) is 22.8 Å². The van der Waals surface area contributed by atoms with Gasteiger partial charge in [0.2, 0.25) is 5.91 Å². The predicted molar refractivity (Wildman–Crippen MR) is 109 cm³/mol. The zero-order valence-electron chi connectivity index (χ0n) is 17.0. The lowest BCUT2D eigenvalue weighted by molar-refractivity contribution is -0.138. The zero-order valence-corrected chi connectivity index (χ0v) is 17.0. The summed E-state index contributed by atoms with van der Waals surface area (Å²) >= 11 is 0. The third-order valence-corrected chi connectivity index (χ3v) is 4.51. The van der Waals surface area contributed by atoms with E-state index in [-0.39, 0.29) is 36.7 Å². The van der Waals surface area contributed by atoms with Gasteiger partial charge in [0.15, 0.2) is 5.78 Å². The molecule has 2 aromatic rings. The van der Waals surface area contributed by atoms with Gasteiger partial charge in [-0.25, -0.2) is 0 Å². The van der Waals surface area contributed by atoms with E-state index in [0.29, 0.717) is 16.9 Å². The Labute approximate surface area is 174 Å². The highest BCUT2D eigenvalue weighted by Gasteiger charge is 2.34. The number of ketones is 1. The molecule has 0 aliphatic heterocycles. The van der Waals surface area contributed by atoms with E-state index >= 15 is 0 Å². The molecule has 0 radical (unpaired) electrons. The number of halogens is 3. The number of alkyl halides is 3. The average molecular weight is 421 g/mol. The van der Waals surface area contributed by atoms with Crippen LogP contribution in [0.4, 0.5) is 13.2 Å². The van der Waals surface area contributed by atoms with Gasteiger partial charge in [-0.15, -0.1) is 0 Å². The molecule has 2 rings (SSSR count). The van der Waals surface area contributed by atoms with E-state index in [0.717, 1.165) is 6.07 Å². The lowest BCUT2D eigenvalue weighted by atomic mass is 9.89. The number of hydrogen-bond donors (Lipinski definition) is 1. The monoisotopic (exact) mass is 421 g/mol. The van der Waals surface area contributed by atoms with Gasteiger partial charge < -0.3 is 14.8 Å². The van der Waals surface area contributed by atoms with Crippen molar-refractivity contribution in [3.05, 3.63) is 59.2 Å². The highest BCUT2D eigenvalue weighted by atomic mass is 19.4. The summed E-state index contributed by atoms with van der Waals surface area (Å²) in [5, 5.41) is 2.72. The third kappa shape index (κ3) is 6.54. The Morgan fingerprint density at radius 1 is 1.03 bits per heavy atom. The second-order valence-electron chi connectivity index (χ2n) is 6.86. The number of hydrogen-bond acceptors (Lipinski definition) is 4. The van der Waals surface area contributed by atoms with Crippen molar-refractivity contribution in [2.24, 2.45) is 0 Å². The fourth-order valence-corrected chi connectivity index (χ4v) is 3.00. The van der Waals surface area contributed by atoms with E-state index in [4.69, 9.17) is 9.47 Å². The molecule has 0 bridgehead atoms. The molecular weight excluding hydrogens is 398 g/mol. The van der Waals surface area contributed by atoms with Gasteiger partial charge in [0.05, 0.1) is 19.8 Å². The maximum atomic E-state index is 13.1. The molecule has 2 aromatic carbocycles. The van der Waals surface area contributed by atoms with Crippen LogP contribution >= 0.6 is 0 Å². The fourth-order valence-electron chi connectivity index (χ4n) is 3.00. The number of carbonyl (C=O) groups excluding carboxylic acids is 2. The standard InChI is InChI=1S/C21H23BF3NO4/c1-29-15-6-4-14(5-7-15)17(27)8-10-20(28)26-19(22)12-13-3-9-18(30-2)16(11-13)21(23,24)25/h3-7,9,11,19H,8,10,12,22H2,1-2H3,(H,26,28)/t19-/m0/s1. The number of nitrogens with one attached hydrogen (secondary N) is 1. The fraction of sp³-hybridized carbons (Fsp3) is 0.333. The maximum absolute atomic E-state index is 13.1. The highest BCUT2D eigenvalue weighted by molar-refractivity contribution is 6.13. The Hall–Kier alpha value is -2.97. The zero-order chi connectivity index (χ0) is 22.3. The topological polar surface area (TPSA) is 64.6 Å². The van der Waals surface area contributed by atoms with Crippen LogP contribution < -0.4 is 14.8 Å². The van der Waals surface area contributed by atoms with Gasteiger partial charge in [0, 0.05) is 24.3 Å². The van der Waals surface area contributed by atoms with Crippen molar-refractivity contribution in [1.29, 1.82) is 0 Å². The third-order valence-electron chi connectivity index (χ3n) is 4.51. The Morgan fingerprint density at radius 3 is 2.27 bits per heavy atom. The van der Waals surface area contributed by atoms with Gasteiger partial charge in [0.25, 0.3) is 0 Å². The van der Waals surface area contributed by atoms with Crippen molar-refractivity contribution in [1.82, 2.24) is 5.32 Å². The summed E-state index contributed by atoms with van der Waals surface area (Å²) in [5.41, 5.74) is 0.0471. The molecule has 0 aliphatic rings. The van der Waals surface area contributed by atoms with E-state index < -0.39 is 17.7 Å². The summed E-state index contributed by atoms with van der Waals surface area (Å²) in [4.78, 5) is 24.3. The van der Waals surface area contributed by atoms with Crippen LogP contribution in [0.3, 0.4) is 0 Å². The SMILES string of the molecule is B[C@H](Cc1ccc(OC)c(C(F)(F)F)c1)NC(=O)CCC(=O)c1ccc(OC)cc1. The van der Waals surface area contributed by atoms with Gasteiger partial charge in [-0.3, -0.25) is 9.59 Å². The van der Waals surface area contributed by atoms with Gasteiger partial charge in [-0.2, -0.15) is 13.2 Å². The van der Waals surface area contributed by atoms with Crippen LogP contribution in [0.25, 0.3) is 0 Å². The Morgan fingerprint density at radius 2 is 1.70 bits per heavy atom. The first-order chi connectivity index (χ1) is 14.1. The largest absolute Gasteiger partial charge is 0.497 e. The van der Waals surface area contributed by atoms with Crippen molar-refractivity contribution < 1.29 is 32.2 Å². The molecule has 0 heterocycles. The van der Waals surface area contributed by atoms with E-state index in [1.54, 1.807) is 32.1 Å². The second kappa shape index (κ2) is 10.2. The number of amides is 1. The van der Waals surface area contributed by atoms with E-state index in [1.165, 1.54) is 26.4 Å².